The van der Waals surface area contributed by atoms with Crippen LogP contribution < -0.4 is 5.32 Å². The van der Waals surface area contributed by atoms with Crippen molar-refractivity contribution >= 4 is 11.5 Å². The van der Waals surface area contributed by atoms with Crippen molar-refractivity contribution < 1.29 is 4.92 Å². The topological polar surface area (TPSA) is 68.1 Å². The minimum atomic E-state index is -0.402. The van der Waals surface area contributed by atoms with Crippen LogP contribution in [0, 0.1) is 22.5 Å². The number of nitrogens with zero attached hydrogens (tertiary/aromatic N) is 2. The Morgan fingerprint density at radius 1 is 1.53 bits per heavy atom. The van der Waals surface area contributed by atoms with Gasteiger partial charge in [-0.2, -0.15) is 0 Å². The van der Waals surface area contributed by atoms with Crippen molar-refractivity contribution in [2.24, 2.45) is 5.41 Å². The Morgan fingerprint density at radius 2 is 2.18 bits per heavy atom. The summed E-state index contributed by atoms with van der Waals surface area (Å²) in [6.07, 6.45) is 2.63. The van der Waals surface area contributed by atoms with Crippen LogP contribution in [-0.2, 0) is 0 Å². The first kappa shape index (κ1) is 13.4. The van der Waals surface area contributed by atoms with E-state index in [4.69, 9.17) is 0 Å². The van der Waals surface area contributed by atoms with E-state index in [9.17, 15) is 10.1 Å². The van der Waals surface area contributed by atoms with Gasteiger partial charge >= 0.3 is 5.69 Å². The number of hydrogen-bond donors (Lipinski definition) is 1. The molecule has 0 fully saturated rings. The molecule has 0 radical (unpaired) electrons. The average Bonchev–Trinajstić information content (AvgIpc) is 2.27. The van der Waals surface area contributed by atoms with Gasteiger partial charge in [0.1, 0.15) is 0 Å². The van der Waals surface area contributed by atoms with E-state index in [1.807, 2.05) is 0 Å². The Balaban J connectivity index is 2.88. The van der Waals surface area contributed by atoms with E-state index in [1.165, 1.54) is 6.07 Å². The van der Waals surface area contributed by atoms with Gasteiger partial charge in [0.15, 0.2) is 0 Å². The predicted octanol–water partition coefficient (Wildman–Crippen LogP) is 3.15. The summed E-state index contributed by atoms with van der Waals surface area (Å²) in [6.45, 7) is 8.78. The summed E-state index contributed by atoms with van der Waals surface area (Å²) < 4.78 is 0. The average molecular weight is 237 g/mol. The Bertz CT molecular complexity index is 416. The molecule has 0 bridgehead atoms. The lowest BCUT2D eigenvalue weighted by atomic mass is 9.90. The minimum Gasteiger partial charge on any atom is -0.364 e. The zero-order valence-corrected chi connectivity index (χ0v) is 10.8. The van der Waals surface area contributed by atoms with Gasteiger partial charge in [-0.25, -0.2) is 4.98 Å². The molecule has 1 heterocycles. The van der Waals surface area contributed by atoms with Crippen molar-refractivity contribution in [2.75, 3.05) is 11.9 Å². The first-order valence-electron chi connectivity index (χ1n) is 5.70. The van der Waals surface area contributed by atoms with Crippen molar-refractivity contribution in [3.8, 4) is 0 Å². The van der Waals surface area contributed by atoms with Crippen LogP contribution in [0.3, 0.4) is 0 Å². The molecular formula is C12H19N3O2. The fourth-order valence-electron chi connectivity index (χ4n) is 1.28. The number of aromatic nitrogens is 1. The highest BCUT2D eigenvalue weighted by molar-refractivity contribution is 5.56. The SMILES string of the molecule is CCC(C)(C)CNc1ncc(C)cc1[N+](=O)[O-]. The lowest BCUT2D eigenvalue weighted by Gasteiger charge is -2.23. The zero-order valence-electron chi connectivity index (χ0n) is 10.8. The van der Waals surface area contributed by atoms with Crippen LogP contribution in [0.15, 0.2) is 12.3 Å². The molecule has 0 aliphatic heterocycles. The van der Waals surface area contributed by atoms with Crippen LogP contribution in [0.5, 0.6) is 0 Å². The van der Waals surface area contributed by atoms with Crippen molar-refractivity contribution in [1.82, 2.24) is 4.98 Å². The van der Waals surface area contributed by atoms with E-state index >= 15 is 0 Å². The lowest BCUT2D eigenvalue weighted by Crippen LogP contribution is -2.22. The van der Waals surface area contributed by atoms with Gasteiger partial charge in [-0.1, -0.05) is 20.8 Å². The van der Waals surface area contributed by atoms with Crippen LogP contribution in [-0.4, -0.2) is 16.5 Å². The molecule has 5 heteroatoms. The molecule has 0 aromatic carbocycles. The predicted molar refractivity (Wildman–Crippen MR) is 68.2 cm³/mol. The first-order valence-corrected chi connectivity index (χ1v) is 5.70. The van der Waals surface area contributed by atoms with Gasteiger partial charge in [0.2, 0.25) is 5.82 Å². The third-order valence-corrected chi connectivity index (χ3v) is 2.89. The molecule has 0 saturated carbocycles. The number of aryl methyl sites for hydroxylation is 1. The number of nitrogens with one attached hydrogen (secondary N) is 1. The van der Waals surface area contributed by atoms with Crippen molar-refractivity contribution in [3.63, 3.8) is 0 Å². The molecule has 0 aliphatic carbocycles. The maximum absolute atomic E-state index is 10.9. The summed E-state index contributed by atoms with van der Waals surface area (Å²) in [6, 6.07) is 1.54. The molecule has 1 aromatic heterocycles. The standard InChI is InChI=1S/C12H19N3O2/c1-5-12(3,4)8-14-11-10(15(16)17)6-9(2)7-13-11/h6-7H,5,8H2,1-4H3,(H,13,14). The molecule has 0 atom stereocenters. The quantitative estimate of drug-likeness (QED) is 0.631. The Hall–Kier alpha value is -1.65. The van der Waals surface area contributed by atoms with E-state index in [0.717, 1.165) is 12.0 Å². The minimum absolute atomic E-state index is 0.0388. The molecule has 0 spiro atoms. The molecule has 1 rings (SSSR count). The van der Waals surface area contributed by atoms with Crippen LogP contribution in [0.25, 0.3) is 0 Å². The van der Waals surface area contributed by atoms with Crippen molar-refractivity contribution in [1.29, 1.82) is 0 Å². The van der Waals surface area contributed by atoms with E-state index < -0.39 is 4.92 Å². The molecular weight excluding hydrogens is 218 g/mol. The molecule has 0 saturated heterocycles. The lowest BCUT2D eigenvalue weighted by molar-refractivity contribution is -0.384. The second-order valence-electron chi connectivity index (χ2n) is 5.01. The highest BCUT2D eigenvalue weighted by atomic mass is 16.6. The second kappa shape index (κ2) is 5.12. The number of pyridine rings is 1. The third kappa shape index (κ3) is 3.69. The van der Waals surface area contributed by atoms with Crippen LogP contribution in [0.1, 0.15) is 32.8 Å². The molecule has 0 unspecified atom stereocenters. The van der Waals surface area contributed by atoms with Gasteiger partial charge < -0.3 is 5.32 Å². The van der Waals surface area contributed by atoms with Gasteiger partial charge in [-0.15, -0.1) is 0 Å². The summed E-state index contributed by atoms with van der Waals surface area (Å²) in [5.41, 5.74) is 0.925. The van der Waals surface area contributed by atoms with Crippen molar-refractivity contribution in [3.05, 3.63) is 27.9 Å². The molecule has 0 amide bonds. The molecule has 1 aromatic rings. The van der Waals surface area contributed by atoms with E-state index in [2.05, 4.69) is 31.1 Å². The maximum Gasteiger partial charge on any atom is 0.311 e. The fraction of sp³-hybridized carbons (Fsp3) is 0.583. The van der Waals surface area contributed by atoms with Gasteiger partial charge in [0, 0.05) is 18.8 Å². The number of hydrogen-bond acceptors (Lipinski definition) is 4. The second-order valence-corrected chi connectivity index (χ2v) is 5.01. The van der Waals surface area contributed by atoms with Crippen LogP contribution >= 0.6 is 0 Å². The van der Waals surface area contributed by atoms with Gasteiger partial charge in [-0.05, 0) is 24.3 Å². The summed E-state index contributed by atoms with van der Waals surface area (Å²) in [5.74, 6) is 0.349. The molecule has 94 valence electrons. The van der Waals surface area contributed by atoms with E-state index in [-0.39, 0.29) is 11.1 Å². The number of anilines is 1. The number of nitro groups is 1. The van der Waals surface area contributed by atoms with E-state index in [0.29, 0.717) is 12.4 Å². The first-order chi connectivity index (χ1) is 7.85. The van der Waals surface area contributed by atoms with Crippen molar-refractivity contribution in [2.45, 2.75) is 34.1 Å². The summed E-state index contributed by atoms with van der Waals surface area (Å²) in [7, 11) is 0. The normalized spacial score (nSPS) is 11.3. The van der Waals surface area contributed by atoms with Crippen LogP contribution in [0.4, 0.5) is 11.5 Å². The van der Waals surface area contributed by atoms with Gasteiger partial charge in [-0.3, -0.25) is 10.1 Å². The molecule has 17 heavy (non-hydrogen) atoms. The Morgan fingerprint density at radius 3 is 2.71 bits per heavy atom. The van der Waals surface area contributed by atoms with E-state index in [1.54, 1.807) is 13.1 Å². The summed E-state index contributed by atoms with van der Waals surface area (Å²) in [4.78, 5) is 14.6. The van der Waals surface area contributed by atoms with Crippen LogP contribution in [0.2, 0.25) is 0 Å². The highest BCUT2D eigenvalue weighted by Gasteiger charge is 2.19. The molecule has 5 nitrogen and oxygen atoms in total. The Labute approximate surface area is 101 Å². The van der Waals surface area contributed by atoms with Gasteiger partial charge in [0.25, 0.3) is 0 Å². The summed E-state index contributed by atoms with van der Waals surface area (Å²) >= 11 is 0. The smallest absolute Gasteiger partial charge is 0.311 e. The third-order valence-electron chi connectivity index (χ3n) is 2.89. The Kier molecular flexibility index (Phi) is 4.04. The monoisotopic (exact) mass is 237 g/mol. The molecule has 1 N–H and O–H groups in total. The zero-order chi connectivity index (χ0) is 13.1. The fourth-order valence-corrected chi connectivity index (χ4v) is 1.28. The highest BCUT2D eigenvalue weighted by Crippen LogP contribution is 2.25. The largest absolute Gasteiger partial charge is 0.364 e. The summed E-state index contributed by atoms with van der Waals surface area (Å²) in [5, 5.41) is 14.0. The molecule has 0 aliphatic rings. The number of rotatable bonds is 5. The maximum atomic E-state index is 10.9. The van der Waals surface area contributed by atoms with Gasteiger partial charge in [0.05, 0.1) is 4.92 Å².